The van der Waals surface area contributed by atoms with E-state index in [0.29, 0.717) is 11.1 Å². The summed E-state index contributed by atoms with van der Waals surface area (Å²) in [6, 6.07) is 21.5. The van der Waals surface area contributed by atoms with E-state index < -0.39 is 5.82 Å². The number of phenols is 1. The summed E-state index contributed by atoms with van der Waals surface area (Å²) in [5, 5.41) is 18.0. The molecule has 3 heteroatoms. The minimum absolute atomic E-state index is 0.349. The van der Waals surface area contributed by atoms with Gasteiger partial charge in [0.05, 0.1) is 11.6 Å². The minimum atomic E-state index is -0.631. The van der Waals surface area contributed by atoms with Crippen LogP contribution >= 0.6 is 0 Å². The molecule has 106 valence electrons. The summed E-state index contributed by atoms with van der Waals surface area (Å²) in [7, 11) is 0. The topological polar surface area (TPSA) is 44.0 Å². The van der Waals surface area contributed by atoms with Gasteiger partial charge in [0.2, 0.25) is 0 Å². The number of aromatic hydroxyl groups is 1. The monoisotopic (exact) mass is 289 g/mol. The lowest BCUT2D eigenvalue weighted by molar-refractivity contribution is 0.432. The Bertz CT molecular complexity index is 846. The molecule has 22 heavy (non-hydrogen) atoms. The smallest absolute Gasteiger partial charge is 0.165 e. The van der Waals surface area contributed by atoms with Crippen LogP contribution in [0.1, 0.15) is 5.56 Å². The Morgan fingerprint density at radius 1 is 0.727 bits per heavy atom. The molecule has 0 aliphatic rings. The van der Waals surface area contributed by atoms with Crippen LogP contribution in [-0.2, 0) is 0 Å². The summed E-state index contributed by atoms with van der Waals surface area (Å²) in [4.78, 5) is 0. The zero-order valence-corrected chi connectivity index (χ0v) is 11.6. The Balaban J connectivity index is 1.91. The number of nitrogens with zero attached hydrogens (tertiary/aromatic N) is 1. The second kappa shape index (κ2) is 5.71. The molecule has 3 aromatic carbocycles. The van der Waals surface area contributed by atoms with Gasteiger partial charge in [-0.1, -0.05) is 42.5 Å². The molecule has 0 bridgehead atoms. The first-order valence-electron chi connectivity index (χ1n) is 6.77. The Labute approximate surface area is 127 Å². The summed E-state index contributed by atoms with van der Waals surface area (Å²) >= 11 is 0. The number of nitriles is 1. The number of rotatable bonds is 2. The third-order valence-corrected chi connectivity index (χ3v) is 3.51. The second-order valence-corrected chi connectivity index (χ2v) is 4.93. The maximum atomic E-state index is 13.4. The predicted molar refractivity (Wildman–Crippen MR) is 83.7 cm³/mol. The van der Waals surface area contributed by atoms with Crippen LogP contribution in [0, 0.1) is 17.1 Å². The number of halogens is 1. The molecule has 0 radical (unpaired) electrons. The molecule has 0 unspecified atom stereocenters. The van der Waals surface area contributed by atoms with E-state index in [1.165, 1.54) is 12.1 Å². The average molecular weight is 289 g/mol. The molecule has 1 N–H and O–H groups in total. The fraction of sp³-hybridized carbons (Fsp3) is 0. The highest BCUT2D eigenvalue weighted by molar-refractivity contribution is 5.71. The molecule has 0 amide bonds. The molecule has 3 rings (SSSR count). The van der Waals surface area contributed by atoms with E-state index >= 15 is 0 Å². The molecule has 0 spiro atoms. The number of hydrogen-bond donors (Lipinski definition) is 1. The lowest BCUT2D eigenvalue weighted by Crippen LogP contribution is -1.83. The van der Waals surface area contributed by atoms with Gasteiger partial charge in [0.1, 0.15) is 0 Å². The molecule has 0 fully saturated rings. The summed E-state index contributed by atoms with van der Waals surface area (Å²) in [6.45, 7) is 0. The Morgan fingerprint density at radius 3 is 1.68 bits per heavy atom. The van der Waals surface area contributed by atoms with Gasteiger partial charge < -0.3 is 5.11 Å². The molecule has 0 saturated carbocycles. The molecule has 0 saturated heterocycles. The van der Waals surface area contributed by atoms with Gasteiger partial charge in [0.15, 0.2) is 11.6 Å². The van der Waals surface area contributed by atoms with E-state index in [4.69, 9.17) is 5.26 Å². The van der Waals surface area contributed by atoms with E-state index in [1.807, 2.05) is 36.4 Å². The van der Waals surface area contributed by atoms with Gasteiger partial charge in [0, 0.05) is 0 Å². The molecular formula is C19H12FNO. The third kappa shape index (κ3) is 2.68. The van der Waals surface area contributed by atoms with Gasteiger partial charge in [-0.2, -0.15) is 5.26 Å². The number of hydrogen-bond acceptors (Lipinski definition) is 2. The summed E-state index contributed by atoms with van der Waals surface area (Å²) in [6.07, 6.45) is 0. The van der Waals surface area contributed by atoms with Gasteiger partial charge in [-0.05, 0) is 46.5 Å². The largest absolute Gasteiger partial charge is 0.505 e. The van der Waals surface area contributed by atoms with Crippen LogP contribution < -0.4 is 0 Å². The molecule has 0 aliphatic carbocycles. The van der Waals surface area contributed by atoms with Crippen LogP contribution in [0.3, 0.4) is 0 Å². The van der Waals surface area contributed by atoms with Crippen LogP contribution in [0.5, 0.6) is 5.75 Å². The van der Waals surface area contributed by atoms with Crippen molar-refractivity contribution in [3.63, 3.8) is 0 Å². The van der Waals surface area contributed by atoms with Gasteiger partial charge >= 0.3 is 0 Å². The molecule has 3 aromatic rings. The molecule has 0 atom stereocenters. The maximum Gasteiger partial charge on any atom is 0.165 e. The van der Waals surface area contributed by atoms with Gasteiger partial charge in [-0.15, -0.1) is 0 Å². The van der Waals surface area contributed by atoms with Gasteiger partial charge in [-0.3, -0.25) is 0 Å². The van der Waals surface area contributed by atoms with E-state index in [2.05, 4.69) is 6.07 Å². The van der Waals surface area contributed by atoms with E-state index in [0.717, 1.165) is 16.7 Å². The lowest BCUT2D eigenvalue weighted by atomic mass is 9.99. The van der Waals surface area contributed by atoms with Crippen molar-refractivity contribution in [1.82, 2.24) is 0 Å². The standard InChI is InChI=1S/C19H12FNO/c20-18-11-17(9-10-19(18)22)16-7-5-15(6-8-16)14-3-1-13(12-21)2-4-14/h1-11,22H. The first-order chi connectivity index (χ1) is 10.7. The summed E-state index contributed by atoms with van der Waals surface area (Å²) in [5.41, 5.74) is 4.24. The van der Waals surface area contributed by atoms with Crippen LogP contribution in [0.2, 0.25) is 0 Å². The van der Waals surface area contributed by atoms with Crippen LogP contribution in [0.4, 0.5) is 4.39 Å². The minimum Gasteiger partial charge on any atom is -0.505 e. The van der Waals surface area contributed by atoms with E-state index in [9.17, 15) is 9.50 Å². The first kappa shape index (κ1) is 13.8. The summed E-state index contributed by atoms with van der Waals surface area (Å²) < 4.78 is 13.4. The van der Waals surface area contributed by atoms with Crippen molar-refractivity contribution in [1.29, 1.82) is 5.26 Å². The van der Waals surface area contributed by atoms with E-state index in [-0.39, 0.29) is 5.75 Å². The normalized spacial score (nSPS) is 10.2. The van der Waals surface area contributed by atoms with Crippen molar-refractivity contribution in [2.75, 3.05) is 0 Å². The Kier molecular flexibility index (Phi) is 3.59. The lowest BCUT2D eigenvalue weighted by Gasteiger charge is -2.06. The van der Waals surface area contributed by atoms with E-state index in [1.54, 1.807) is 18.2 Å². The zero-order valence-electron chi connectivity index (χ0n) is 11.6. The van der Waals surface area contributed by atoms with Crippen LogP contribution in [0.15, 0.2) is 66.7 Å². The van der Waals surface area contributed by atoms with Crippen molar-refractivity contribution < 1.29 is 9.50 Å². The van der Waals surface area contributed by atoms with Crippen molar-refractivity contribution in [3.05, 3.63) is 78.1 Å². The Morgan fingerprint density at radius 2 is 1.18 bits per heavy atom. The third-order valence-electron chi connectivity index (χ3n) is 3.51. The van der Waals surface area contributed by atoms with Crippen LogP contribution in [0.25, 0.3) is 22.3 Å². The fourth-order valence-electron chi connectivity index (χ4n) is 2.28. The Hall–Kier alpha value is -3.12. The highest BCUT2D eigenvalue weighted by atomic mass is 19.1. The van der Waals surface area contributed by atoms with Crippen molar-refractivity contribution in [2.24, 2.45) is 0 Å². The molecule has 0 aromatic heterocycles. The molecule has 2 nitrogen and oxygen atoms in total. The summed E-state index contributed by atoms with van der Waals surface area (Å²) in [5.74, 6) is -0.980. The highest BCUT2D eigenvalue weighted by Gasteiger charge is 2.04. The molecule has 0 heterocycles. The highest BCUT2D eigenvalue weighted by Crippen LogP contribution is 2.27. The molecular weight excluding hydrogens is 277 g/mol. The zero-order chi connectivity index (χ0) is 15.5. The van der Waals surface area contributed by atoms with Gasteiger partial charge in [-0.25, -0.2) is 4.39 Å². The first-order valence-corrected chi connectivity index (χ1v) is 6.77. The van der Waals surface area contributed by atoms with Crippen molar-refractivity contribution in [2.45, 2.75) is 0 Å². The predicted octanol–water partition coefficient (Wildman–Crippen LogP) is 4.74. The number of benzene rings is 3. The fourth-order valence-corrected chi connectivity index (χ4v) is 2.28. The van der Waals surface area contributed by atoms with Crippen LogP contribution in [-0.4, -0.2) is 5.11 Å². The molecule has 0 aliphatic heterocycles. The van der Waals surface area contributed by atoms with Crippen molar-refractivity contribution in [3.8, 4) is 34.1 Å². The van der Waals surface area contributed by atoms with Gasteiger partial charge in [0.25, 0.3) is 0 Å². The van der Waals surface area contributed by atoms with Crippen molar-refractivity contribution >= 4 is 0 Å². The average Bonchev–Trinajstić information content (AvgIpc) is 2.58. The number of phenolic OH excluding ortho intramolecular Hbond substituents is 1. The SMILES string of the molecule is N#Cc1ccc(-c2ccc(-c3ccc(O)c(F)c3)cc2)cc1. The maximum absolute atomic E-state index is 13.4. The quantitative estimate of drug-likeness (QED) is 0.740. The second-order valence-electron chi connectivity index (χ2n) is 4.93.